The van der Waals surface area contributed by atoms with Crippen molar-refractivity contribution in [2.45, 2.75) is 11.1 Å². The summed E-state index contributed by atoms with van der Waals surface area (Å²) in [6.45, 7) is -0.688. The summed E-state index contributed by atoms with van der Waals surface area (Å²) >= 11 is 1.10. The third kappa shape index (κ3) is 6.15. The first-order valence-electron chi connectivity index (χ1n) is 8.36. The van der Waals surface area contributed by atoms with E-state index < -0.39 is 45.8 Å². The summed E-state index contributed by atoms with van der Waals surface area (Å²) in [7, 11) is -3.86. The highest BCUT2D eigenvalue weighted by Crippen LogP contribution is 2.32. The molecule has 1 aromatic heterocycles. The standard InChI is InChI=1S/C18H13F4N3O4S2/c19-12-7-11(18(20,21)22)8-14(9-12)29-10-16(26)24-13-1-3-15(4-2-13)31(27,28)25-17-23-5-6-30-17/h1-9H,10H2,(H,23,25)(H,24,26). The van der Waals surface area contributed by atoms with Crippen molar-refractivity contribution in [2.75, 3.05) is 16.6 Å². The molecule has 2 N–H and O–H groups in total. The van der Waals surface area contributed by atoms with E-state index in [-0.39, 0.29) is 15.7 Å². The van der Waals surface area contributed by atoms with Crippen molar-refractivity contribution in [1.82, 2.24) is 4.98 Å². The van der Waals surface area contributed by atoms with Crippen molar-refractivity contribution in [3.05, 3.63) is 65.4 Å². The zero-order chi connectivity index (χ0) is 22.6. The van der Waals surface area contributed by atoms with Gasteiger partial charge in [-0.15, -0.1) is 11.3 Å². The summed E-state index contributed by atoms with van der Waals surface area (Å²) in [6, 6.07) is 6.73. The number of alkyl halides is 3. The molecule has 0 aliphatic rings. The van der Waals surface area contributed by atoms with Crippen LogP contribution in [0.5, 0.6) is 5.75 Å². The van der Waals surface area contributed by atoms with Crippen LogP contribution in [0, 0.1) is 5.82 Å². The number of halogens is 4. The van der Waals surface area contributed by atoms with Crippen molar-refractivity contribution in [3.8, 4) is 5.75 Å². The van der Waals surface area contributed by atoms with Crippen molar-refractivity contribution >= 4 is 38.1 Å². The van der Waals surface area contributed by atoms with Crippen LogP contribution in [0.3, 0.4) is 0 Å². The lowest BCUT2D eigenvalue weighted by atomic mass is 10.2. The average Bonchev–Trinajstić information content (AvgIpc) is 3.18. The first-order chi connectivity index (χ1) is 14.5. The number of nitrogens with zero attached hydrogens (tertiary/aromatic N) is 1. The van der Waals surface area contributed by atoms with Crippen molar-refractivity contribution in [2.24, 2.45) is 0 Å². The van der Waals surface area contributed by atoms with Gasteiger partial charge in [-0.1, -0.05) is 0 Å². The Balaban J connectivity index is 1.59. The number of rotatable bonds is 7. The molecule has 7 nitrogen and oxygen atoms in total. The fourth-order valence-corrected chi connectivity index (χ4v) is 4.11. The van der Waals surface area contributed by atoms with Gasteiger partial charge in [0.2, 0.25) is 0 Å². The second-order valence-electron chi connectivity index (χ2n) is 5.98. The summed E-state index contributed by atoms with van der Waals surface area (Å²) < 4.78 is 83.2. The second-order valence-corrected chi connectivity index (χ2v) is 8.55. The van der Waals surface area contributed by atoms with Gasteiger partial charge in [-0.2, -0.15) is 13.2 Å². The monoisotopic (exact) mass is 475 g/mol. The van der Waals surface area contributed by atoms with Gasteiger partial charge in [-0.25, -0.2) is 17.8 Å². The SMILES string of the molecule is O=C(COc1cc(F)cc(C(F)(F)F)c1)Nc1ccc(S(=O)(=O)Nc2nccs2)cc1. The van der Waals surface area contributed by atoms with Crippen LogP contribution in [-0.4, -0.2) is 25.9 Å². The van der Waals surface area contributed by atoms with Gasteiger partial charge in [-0.3, -0.25) is 9.52 Å². The quantitative estimate of drug-likeness (QED) is 0.501. The molecule has 0 unspecified atom stereocenters. The van der Waals surface area contributed by atoms with Crippen LogP contribution in [0.25, 0.3) is 0 Å². The van der Waals surface area contributed by atoms with E-state index in [1.54, 1.807) is 5.38 Å². The summed E-state index contributed by atoms with van der Waals surface area (Å²) in [5.41, 5.74) is -1.02. The Morgan fingerprint density at radius 3 is 2.45 bits per heavy atom. The normalized spacial score (nSPS) is 11.7. The number of amides is 1. The summed E-state index contributed by atoms with van der Waals surface area (Å²) in [4.78, 5) is 15.7. The van der Waals surface area contributed by atoms with Crippen molar-refractivity contribution in [3.63, 3.8) is 0 Å². The number of aromatic nitrogens is 1. The summed E-state index contributed by atoms with van der Waals surface area (Å²) in [6.07, 6.45) is -3.32. The molecule has 1 heterocycles. The highest BCUT2D eigenvalue weighted by atomic mass is 32.2. The van der Waals surface area contributed by atoms with Crippen LogP contribution in [0.2, 0.25) is 0 Å². The molecule has 1 amide bonds. The Kier molecular flexibility index (Phi) is 6.45. The van der Waals surface area contributed by atoms with Crippen LogP contribution >= 0.6 is 11.3 Å². The molecule has 3 rings (SSSR count). The van der Waals surface area contributed by atoms with Gasteiger partial charge in [0, 0.05) is 23.3 Å². The van der Waals surface area contributed by atoms with Gasteiger partial charge in [0.25, 0.3) is 15.9 Å². The Morgan fingerprint density at radius 2 is 1.84 bits per heavy atom. The Hall–Kier alpha value is -3.19. The number of hydrogen-bond donors (Lipinski definition) is 2. The number of hydrogen-bond acceptors (Lipinski definition) is 6. The third-order valence-corrected chi connectivity index (χ3v) is 5.84. The van der Waals surface area contributed by atoms with E-state index >= 15 is 0 Å². The molecule has 0 atom stereocenters. The molecule has 0 bridgehead atoms. The van der Waals surface area contributed by atoms with E-state index in [2.05, 4.69) is 15.0 Å². The number of sulfonamides is 1. The lowest BCUT2D eigenvalue weighted by Gasteiger charge is -2.11. The lowest BCUT2D eigenvalue weighted by Crippen LogP contribution is -2.20. The molecule has 164 valence electrons. The summed E-state index contributed by atoms with van der Waals surface area (Å²) in [5.74, 6) is -2.36. The minimum absolute atomic E-state index is 0.0728. The second kappa shape index (κ2) is 8.89. The van der Waals surface area contributed by atoms with Crippen molar-refractivity contribution in [1.29, 1.82) is 0 Å². The highest BCUT2D eigenvalue weighted by Gasteiger charge is 2.31. The third-order valence-electron chi connectivity index (χ3n) is 3.67. The van der Waals surface area contributed by atoms with E-state index in [9.17, 15) is 30.8 Å². The van der Waals surface area contributed by atoms with Gasteiger partial charge in [0.1, 0.15) is 11.6 Å². The molecule has 0 radical (unpaired) electrons. The maximum Gasteiger partial charge on any atom is 0.416 e. The first-order valence-corrected chi connectivity index (χ1v) is 10.7. The predicted octanol–water partition coefficient (Wildman–Crippen LogP) is 4.12. The van der Waals surface area contributed by atoms with Gasteiger partial charge in [0.15, 0.2) is 11.7 Å². The molecule has 0 saturated heterocycles. The molecule has 0 fully saturated rings. The number of benzene rings is 2. The van der Waals surface area contributed by atoms with Crippen LogP contribution < -0.4 is 14.8 Å². The minimum Gasteiger partial charge on any atom is -0.484 e. The first kappa shape index (κ1) is 22.5. The van der Waals surface area contributed by atoms with Crippen LogP contribution in [0.4, 0.5) is 28.4 Å². The summed E-state index contributed by atoms with van der Waals surface area (Å²) in [5, 5.41) is 4.19. The van der Waals surface area contributed by atoms with E-state index in [1.807, 2.05) is 0 Å². The van der Waals surface area contributed by atoms with E-state index in [0.717, 1.165) is 17.4 Å². The topological polar surface area (TPSA) is 97.4 Å². The van der Waals surface area contributed by atoms with Crippen LogP contribution in [0.15, 0.2) is 58.9 Å². The zero-order valence-corrected chi connectivity index (χ0v) is 16.9. The number of thiazole rings is 1. The number of ether oxygens (including phenoxy) is 1. The Bertz CT molecular complexity index is 1170. The maximum atomic E-state index is 13.3. The molecule has 3 aromatic rings. The maximum absolute atomic E-state index is 13.3. The van der Waals surface area contributed by atoms with E-state index in [0.29, 0.717) is 12.1 Å². The van der Waals surface area contributed by atoms with Gasteiger partial charge < -0.3 is 10.1 Å². The number of carbonyl (C=O) groups excluding carboxylic acids is 1. The molecule has 0 spiro atoms. The predicted molar refractivity (Wildman–Crippen MR) is 105 cm³/mol. The van der Waals surface area contributed by atoms with Gasteiger partial charge in [-0.05, 0) is 36.4 Å². The number of nitrogens with one attached hydrogen (secondary N) is 2. The highest BCUT2D eigenvalue weighted by molar-refractivity contribution is 7.93. The molecular formula is C18H13F4N3O4S2. The largest absolute Gasteiger partial charge is 0.484 e. The number of anilines is 2. The van der Waals surface area contributed by atoms with Gasteiger partial charge >= 0.3 is 6.18 Å². The fraction of sp³-hybridized carbons (Fsp3) is 0.111. The fourth-order valence-electron chi connectivity index (χ4n) is 2.32. The Labute approximate surface area is 177 Å². The van der Waals surface area contributed by atoms with E-state index in [1.165, 1.54) is 30.5 Å². The molecule has 31 heavy (non-hydrogen) atoms. The molecule has 0 aliphatic heterocycles. The lowest BCUT2D eigenvalue weighted by molar-refractivity contribution is -0.137. The van der Waals surface area contributed by atoms with Crippen LogP contribution in [-0.2, 0) is 21.0 Å². The van der Waals surface area contributed by atoms with Crippen molar-refractivity contribution < 1.29 is 35.5 Å². The molecular weight excluding hydrogens is 462 g/mol. The van der Waals surface area contributed by atoms with Crippen LogP contribution in [0.1, 0.15) is 5.56 Å². The van der Waals surface area contributed by atoms with Gasteiger partial charge in [0.05, 0.1) is 10.5 Å². The molecule has 2 aromatic carbocycles. The number of carbonyl (C=O) groups is 1. The molecule has 0 aliphatic carbocycles. The van der Waals surface area contributed by atoms with E-state index in [4.69, 9.17) is 4.74 Å². The molecule has 13 heteroatoms. The zero-order valence-electron chi connectivity index (χ0n) is 15.3. The molecule has 0 saturated carbocycles. The minimum atomic E-state index is -4.76. The average molecular weight is 475 g/mol. The Morgan fingerprint density at radius 1 is 1.13 bits per heavy atom. The smallest absolute Gasteiger partial charge is 0.416 e.